The molecule has 1 fully saturated rings. The molecule has 0 aromatic carbocycles. The zero-order valence-corrected chi connectivity index (χ0v) is 24.4. The Balaban J connectivity index is 2.01. The van der Waals surface area contributed by atoms with Gasteiger partial charge in [0.05, 0.1) is 12.0 Å². The van der Waals surface area contributed by atoms with Crippen LogP contribution in [-0.4, -0.2) is 64.4 Å². The van der Waals surface area contributed by atoms with Crippen LogP contribution in [0.15, 0.2) is 12.5 Å². The van der Waals surface area contributed by atoms with Gasteiger partial charge in [-0.15, -0.1) is 0 Å². The van der Waals surface area contributed by atoms with Crippen molar-refractivity contribution in [2.24, 2.45) is 17.3 Å². The van der Waals surface area contributed by atoms with Crippen molar-refractivity contribution in [2.75, 3.05) is 19.0 Å². The fraction of sp³-hybridized carbons (Fsp3) is 0.679. The molecule has 0 bridgehead atoms. The Hall–Kier alpha value is -3.05. The lowest BCUT2D eigenvalue weighted by atomic mass is 9.80. The maximum Gasteiger partial charge on any atom is 0.303 e. The van der Waals surface area contributed by atoms with E-state index in [1.54, 1.807) is 10.8 Å². The molecule has 0 aliphatic carbocycles. The molecule has 1 N–H and O–H groups in total. The van der Waals surface area contributed by atoms with E-state index in [0.29, 0.717) is 22.8 Å². The van der Waals surface area contributed by atoms with Crippen molar-refractivity contribution < 1.29 is 33.3 Å². The van der Waals surface area contributed by atoms with Gasteiger partial charge in [0.2, 0.25) is 5.91 Å². The van der Waals surface area contributed by atoms with E-state index in [0.717, 1.165) is 18.4 Å². The van der Waals surface area contributed by atoms with Crippen LogP contribution in [0.4, 0.5) is 5.82 Å². The van der Waals surface area contributed by atoms with Crippen LogP contribution in [0.5, 0.6) is 0 Å². The van der Waals surface area contributed by atoms with Gasteiger partial charge in [-0.05, 0) is 36.7 Å². The molecular weight excluding hydrogens is 504 g/mol. The number of hydrogen-bond acceptors (Lipinski definition) is 9. The summed E-state index contributed by atoms with van der Waals surface area (Å²) in [5.41, 5.74) is 1.26. The number of nitrogens with zero attached hydrogens (tertiary/aromatic N) is 3. The molecule has 11 nitrogen and oxygen atoms in total. The number of methoxy groups -OCH3 is 1. The average molecular weight is 547 g/mol. The highest BCUT2D eigenvalue weighted by Crippen LogP contribution is 2.38. The summed E-state index contributed by atoms with van der Waals surface area (Å²) in [6.07, 6.45) is 1.31. The van der Waals surface area contributed by atoms with Crippen LogP contribution in [-0.2, 0) is 33.3 Å². The molecule has 3 rings (SSSR count). The Morgan fingerprint density at radius 2 is 1.74 bits per heavy atom. The molecule has 5 atom stereocenters. The van der Waals surface area contributed by atoms with Gasteiger partial charge in [-0.2, -0.15) is 0 Å². The second kappa shape index (κ2) is 12.4. The molecule has 1 saturated heterocycles. The fourth-order valence-electron chi connectivity index (χ4n) is 5.25. The predicted octanol–water partition coefficient (Wildman–Crippen LogP) is 4.18. The first-order valence-corrected chi connectivity index (χ1v) is 13.3. The van der Waals surface area contributed by atoms with Crippen molar-refractivity contribution in [1.82, 2.24) is 14.5 Å². The number of rotatable bonds is 10. The monoisotopic (exact) mass is 546 g/mol. The largest absolute Gasteiger partial charge is 0.456 e. The Labute approximate surface area is 229 Å². The first-order chi connectivity index (χ1) is 18.2. The lowest BCUT2D eigenvalue weighted by Gasteiger charge is -2.26. The number of nitrogens with one attached hydrogen (secondary N) is 1. The molecule has 1 aliphatic heterocycles. The summed E-state index contributed by atoms with van der Waals surface area (Å²) in [7, 11) is 1.51. The Kier molecular flexibility index (Phi) is 9.71. The minimum atomic E-state index is -0.947. The highest BCUT2D eigenvalue weighted by molar-refractivity contribution is 6.00. The lowest BCUT2D eigenvalue weighted by molar-refractivity contribution is -0.165. The number of ether oxygens (including phenoxy) is 4. The molecule has 1 amide bonds. The van der Waals surface area contributed by atoms with Gasteiger partial charge >= 0.3 is 11.9 Å². The number of hydrogen-bond donors (Lipinski definition) is 1. The Bertz CT molecular complexity index is 1190. The van der Waals surface area contributed by atoms with Crippen LogP contribution in [0.1, 0.15) is 73.1 Å². The van der Waals surface area contributed by atoms with Crippen LogP contribution in [0, 0.1) is 24.2 Å². The molecule has 2 aromatic rings. The van der Waals surface area contributed by atoms with Crippen molar-refractivity contribution in [3.05, 3.63) is 18.1 Å². The van der Waals surface area contributed by atoms with Gasteiger partial charge in [0, 0.05) is 33.1 Å². The van der Waals surface area contributed by atoms with Crippen molar-refractivity contribution >= 4 is 34.7 Å². The summed E-state index contributed by atoms with van der Waals surface area (Å²) < 4.78 is 24.3. The second-order valence-electron chi connectivity index (χ2n) is 11.9. The molecule has 0 spiro atoms. The smallest absolute Gasteiger partial charge is 0.303 e. The van der Waals surface area contributed by atoms with Crippen molar-refractivity contribution in [2.45, 2.75) is 92.8 Å². The summed E-state index contributed by atoms with van der Waals surface area (Å²) in [4.78, 5) is 46.2. The molecule has 2 unspecified atom stereocenters. The normalized spacial score (nSPS) is 22.2. The molecule has 0 radical (unpaired) electrons. The summed E-state index contributed by atoms with van der Waals surface area (Å²) in [5, 5.41) is 3.69. The van der Waals surface area contributed by atoms with Crippen molar-refractivity contribution in [1.29, 1.82) is 0 Å². The van der Waals surface area contributed by atoms with Gasteiger partial charge < -0.3 is 28.8 Å². The maximum atomic E-state index is 13.5. The summed E-state index contributed by atoms with van der Waals surface area (Å²) in [5.74, 6) is -0.585. The number of fused-ring (bicyclic) bond motifs is 1. The van der Waals surface area contributed by atoms with E-state index in [1.807, 2.05) is 6.92 Å². The molecule has 216 valence electrons. The van der Waals surface area contributed by atoms with Crippen molar-refractivity contribution in [3.8, 4) is 0 Å². The number of aryl methyl sites for hydroxylation is 1. The van der Waals surface area contributed by atoms with Crippen LogP contribution in [0.2, 0.25) is 0 Å². The minimum absolute atomic E-state index is 0.0140. The third-order valence-corrected chi connectivity index (χ3v) is 6.52. The minimum Gasteiger partial charge on any atom is -0.456 e. The maximum absolute atomic E-state index is 13.5. The first-order valence-electron chi connectivity index (χ1n) is 13.3. The SMILES string of the molecule is COC[C@H]1O[C@@H](n2cc(C)c3c(NC(=O)C(CC(C)C)CC(C)(C)C)ncnc32)[C@@H](OC(C)=O)C1OC(C)=O. The highest BCUT2D eigenvalue weighted by Gasteiger charge is 2.50. The van der Waals surface area contributed by atoms with Crippen molar-refractivity contribution in [3.63, 3.8) is 0 Å². The van der Waals surface area contributed by atoms with Gasteiger partial charge in [0.25, 0.3) is 0 Å². The number of carbonyl (C=O) groups excluding carboxylic acids is 3. The van der Waals surface area contributed by atoms with E-state index in [2.05, 4.69) is 49.9 Å². The van der Waals surface area contributed by atoms with E-state index in [-0.39, 0.29) is 23.8 Å². The quantitative estimate of drug-likeness (QED) is 0.436. The molecule has 11 heteroatoms. The highest BCUT2D eigenvalue weighted by atomic mass is 16.7. The Morgan fingerprint density at radius 1 is 1.10 bits per heavy atom. The summed E-state index contributed by atoms with van der Waals surface area (Å²) in [6, 6.07) is 0. The molecule has 3 heterocycles. The van der Waals surface area contributed by atoms with E-state index in [1.165, 1.54) is 27.3 Å². The number of anilines is 1. The Morgan fingerprint density at radius 3 is 2.31 bits per heavy atom. The number of amides is 1. The van der Waals surface area contributed by atoms with Gasteiger partial charge in [-0.25, -0.2) is 9.97 Å². The molecule has 0 saturated carbocycles. The average Bonchev–Trinajstić information content (AvgIpc) is 3.30. The summed E-state index contributed by atoms with van der Waals surface area (Å²) in [6.45, 7) is 15.2. The first kappa shape index (κ1) is 30.5. The number of aromatic nitrogens is 3. The third-order valence-electron chi connectivity index (χ3n) is 6.52. The fourth-order valence-corrected chi connectivity index (χ4v) is 5.25. The van der Waals surface area contributed by atoms with Crippen LogP contribution < -0.4 is 5.32 Å². The standard InChI is InChI=1S/C28H42N4O7/c1-15(2)10-19(11-28(6,7)8)26(35)31-24-21-16(3)12-32(25(21)30-14-29-24)27-23(38-18(5)34)22(37-17(4)33)20(39-27)13-36-9/h12,14-15,19-20,22-23,27H,10-11,13H2,1-9H3,(H,29,30,31,35)/t19?,20-,22?,23+,27-/m1/s1. The summed E-state index contributed by atoms with van der Waals surface area (Å²) >= 11 is 0. The van der Waals surface area contributed by atoms with Crippen LogP contribution >= 0.6 is 0 Å². The van der Waals surface area contributed by atoms with E-state index < -0.39 is 36.5 Å². The molecule has 39 heavy (non-hydrogen) atoms. The number of carbonyl (C=O) groups is 3. The van der Waals surface area contributed by atoms with Gasteiger partial charge in [-0.3, -0.25) is 14.4 Å². The third kappa shape index (κ3) is 7.54. The molecule has 2 aromatic heterocycles. The van der Waals surface area contributed by atoms with Gasteiger partial charge in [0.1, 0.15) is 23.9 Å². The van der Waals surface area contributed by atoms with E-state index in [9.17, 15) is 14.4 Å². The zero-order chi connectivity index (χ0) is 29.1. The lowest BCUT2D eigenvalue weighted by Crippen LogP contribution is -2.40. The van der Waals surface area contributed by atoms with E-state index >= 15 is 0 Å². The molecule has 1 aliphatic rings. The zero-order valence-electron chi connectivity index (χ0n) is 24.4. The predicted molar refractivity (Wildman–Crippen MR) is 145 cm³/mol. The number of esters is 2. The topological polar surface area (TPSA) is 131 Å². The van der Waals surface area contributed by atoms with Gasteiger partial charge in [-0.1, -0.05) is 34.6 Å². The molecular formula is C28H42N4O7. The van der Waals surface area contributed by atoms with Crippen LogP contribution in [0.3, 0.4) is 0 Å². The van der Waals surface area contributed by atoms with Gasteiger partial charge in [0.15, 0.2) is 18.4 Å². The van der Waals surface area contributed by atoms with E-state index in [4.69, 9.17) is 18.9 Å². The second-order valence-corrected chi connectivity index (χ2v) is 11.9. The van der Waals surface area contributed by atoms with Crippen LogP contribution in [0.25, 0.3) is 11.0 Å².